The number of carbonyl (C=O) groups excluding carboxylic acids is 1. The summed E-state index contributed by atoms with van der Waals surface area (Å²) in [7, 11) is 1.55. The maximum atomic E-state index is 12.8. The molecule has 8 nitrogen and oxygen atoms in total. The van der Waals surface area contributed by atoms with Gasteiger partial charge in [0.15, 0.2) is 5.82 Å². The Balaban J connectivity index is 1.52. The molecule has 0 bridgehead atoms. The van der Waals surface area contributed by atoms with E-state index in [1.54, 1.807) is 28.8 Å². The van der Waals surface area contributed by atoms with E-state index in [-0.39, 0.29) is 5.91 Å². The van der Waals surface area contributed by atoms with Gasteiger partial charge in [0.1, 0.15) is 29.5 Å². The molecule has 0 unspecified atom stereocenters. The summed E-state index contributed by atoms with van der Waals surface area (Å²) in [6.07, 6.45) is 1.50. The molecular formula is C18H17N5O3. The predicted octanol–water partition coefficient (Wildman–Crippen LogP) is 1.92. The number of anilines is 1. The third-order valence-electron chi connectivity index (χ3n) is 4.09. The first-order chi connectivity index (χ1) is 12.7. The van der Waals surface area contributed by atoms with Gasteiger partial charge >= 0.3 is 0 Å². The van der Waals surface area contributed by atoms with Gasteiger partial charge in [-0.25, -0.2) is 0 Å². The largest absolute Gasteiger partial charge is 0.495 e. The molecule has 0 saturated heterocycles. The van der Waals surface area contributed by atoms with Crippen molar-refractivity contribution in [3.05, 3.63) is 60.0 Å². The molecule has 26 heavy (non-hydrogen) atoms. The van der Waals surface area contributed by atoms with Gasteiger partial charge in [-0.15, -0.1) is 5.10 Å². The monoisotopic (exact) mass is 351 g/mol. The number of aromatic nitrogens is 4. The minimum atomic E-state index is -0.169. The summed E-state index contributed by atoms with van der Waals surface area (Å²) < 4.78 is 12.6. The third kappa shape index (κ3) is 3.08. The van der Waals surface area contributed by atoms with E-state index in [9.17, 15) is 4.79 Å². The molecule has 4 rings (SSSR count). The highest BCUT2D eigenvalue weighted by atomic mass is 16.5. The highest BCUT2D eigenvalue weighted by molar-refractivity contribution is 6.05. The lowest BCUT2D eigenvalue weighted by Gasteiger charge is -2.26. The van der Waals surface area contributed by atoms with E-state index in [4.69, 9.17) is 9.47 Å². The number of nitrogens with zero attached hydrogens (tertiary/aromatic N) is 5. The number of carbonyl (C=O) groups is 1. The Bertz CT molecular complexity index is 926. The summed E-state index contributed by atoms with van der Waals surface area (Å²) in [5.74, 6) is 1.61. The van der Waals surface area contributed by atoms with Crippen LogP contribution in [-0.4, -0.2) is 39.5 Å². The molecule has 8 heteroatoms. The number of ether oxygens (including phenoxy) is 2. The summed E-state index contributed by atoms with van der Waals surface area (Å²) in [6.45, 7) is 1.34. The zero-order valence-corrected chi connectivity index (χ0v) is 14.2. The molecule has 0 fully saturated rings. The summed E-state index contributed by atoms with van der Waals surface area (Å²) in [4.78, 5) is 14.4. The quantitative estimate of drug-likeness (QED) is 0.698. The van der Waals surface area contributed by atoms with Crippen LogP contribution in [0.25, 0.3) is 0 Å². The molecule has 0 radical (unpaired) electrons. The SMILES string of the molecule is COc1cnnc(N2CCn3nc(COc4ccccc4)cc3C2=O)c1. The lowest BCUT2D eigenvalue weighted by Crippen LogP contribution is -2.41. The summed E-state index contributed by atoms with van der Waals surface area (Å²) in [5, 5.41) is 12.4. The smallest absolute Gasteiger partial charge is 0.277 e. The molecule has 132 valence electrons. The normalized spacial score (nSPS) is 13.4. The molecule has 2 aromatic heterocycles. The number of hydrogen-bond acceptors (Lipinski definition) is 6. The van der Waals surface area contributed by atoms with Crippen LogP contribution in [0.4, 0.5) is 5.82 Å². The van der Waals surface area contributed by atoms with Crippen molar-refractivity contribution < 1.29 is 14.3 Å². The van der Waals surface area contributed by atoms with E-state index in [0.29, 0.717) is 42.7 Å². The van der Waals surface area contributed by atoms with Crippen LogP contribution < -0.4 is 14.4 Å². The van der Waals surface area contributed by atoms with E-state index in [1.807, 2.05) is 30.3 Å². The van der Waals surface area contributed by atoms with Crippen LogP contribution in [0.1, 0.15) is 16.2 Å². The van der Waals surface area contributed by atoms with Crippen LogP contribution in [0.15, 0.2) is 48.7 Å². The number of hydrogen-bond donors (Lipinski definition) is 0. The molecule has 0 atom stereocenters. The highest BCUT2D eigenvalue weighted by Gasteiger charge is 2.28. The zero-order chi connectivity index (χ0) is 17.9. The maximum absolute atomic E-state index is 12.8. The Morgan fingerprint density at radius 1 is 1.12 bits per heavy atom. The van der Waals surface area contributed by atoms with Crippen molar-refractivity contribution in [2.45, 2.75) is 13.2 Å². The van der Waals surface area contributed by atoms with Gasteiger partial charge < -0.3 is 9.47 Å². The molecule has 1 aromatic carbocycles. The fourth-order valence-electron chi connectivity index (χ4n) is 2.79. The van der Waals surface area contributed by atoms with E-state index in [0.717, 1.165) is 5.75 Å². The van der Waals surface area contributed by atoms with Crippen LogP contribution in [-0.2, 0) is 13.2 Å². The van der Waals surface area contributed by atoms with Gasteiger partial charge in [0.05, 0.1) is 19.9 Å². The van der Waals surface area contributed by atoms with Gasteiger partial charge in [-0.3, -0.25) is 14.4 Å². The van der Waals surface area contributed by atoms with Crippen molar-refractivity contribution in [1.82, 2.24) is 20.0 Å². The second-order valence-corrected chi connectivity index (χ2v) is 5.76. The average molecular weight is 351 g/mol. The Labute approximate surface area is 150 Å². The van der Waals surface area contributed by atoms with E-state index >= 15 is 0 Å². The summed E-state index contributed by atoms with van der Waals surface area (Å²) in [6, 6.07) is 12.9. The number of methoxy groups -OCH3 is 1. The number of para-hydroxylation sites is 1. The molecule has 3 heterocycles. The lowest BCUT2D eigenvalue weighted by molar-refractivity contribution is 0.0961. The number of amides is 1. The zero-order valence-electron chi connectivity index (χ0n) is 14.2. The van der Waals surface area contributed by atoms with Gasteiger partial charge in [0.2, 0.25) is 0 Å². The van der Waals surface area contributed by atoms with Crippen LogP contribution in [0, 0.1) is 0 Å². The number of fused-ring (bicyclic) bond motifs is 1. The van der Waals surface area contributed by atoms with Crippen molar-refractivity contribution in [3.8, 4) is 11.5 Å². The first-order valence-electron chi connectivity index (χ1n) is 8.18. The fraction of sp³-hybridized carbons (Fsp3) is 0.222. The Morgan fingerprint density at radius 3 is 2.77 bits per heavy atom. The first kappa shape index (κ1) is 16.1. The van der Waals surface area contributed by atoms with Gasteiger partial charge in [-0.2, -0.15) is 10.2 Å². The van der Waals surface area contributed by atoms with Crippen LogP contribution in [0.2, 0.25) is 0 Å². The van der Waals surface area contributed by atoms with Crippen molar-refractivity contribution in [2.75, 3.05) is 18.6 Å². The molecular weight excluding hydrogens is 334 g/mol. The van der Waals surface area contributed by atoms with Gasteiger partial charge in [-0.1, -0.05) is 18.2 Å². The Kier molecular flexibility index (Phi) is 4.22. The molecule has 0 N–H and O–H groups in total. The van der Waals surface area contributed by atoms with Crippen LogP contribution >= 0.6 is 0 Å². The molecule has 3 aromatic rings. The third-order valence-corrected chi connectivity index (χ3v) is 4.09. The minimum Gasteiger partial charge on any atom is -0.495 e. The second-order valence-electron chi connectivity index (χ2n) is 5.76. The standard InChI is InChI=1S/C18H17N5O3/c1-25-15-10-17(20-19-11-15)22-7-8-23-16(18(22)24)9-13(21-23)12-26-14-5-3-2-4-6-14/h2-6,9-11H,7-8,12H2,1H3. The molecule has 1 aliphatic heterocycles. The van der Waals surface area contributed by atoms with Crippen molar-refractivity contribution >= 4 is 11.7 Å². The van der Waals surface area contributed by atoms with Crippen molar-refractivity contribution in [3.63, 3.8) is 0 Å². The molecule has 0 saturated carbocycles. The number of benzene rings is 1. The molecule has 1 aliphatic rings. The van der Waals surface area contributed by atoms with Crippen molar-refractivity contribution in [1.29, 1.82) is 0 Å². The molecule has 0 spiro atoms. The lowest BCUT2D eigenvalue weighted by atomic mass is 10.2. The van der Waals surface area contributed by atoms with Crippen LogP contribution in [0.3, 0.4) is 0 Å². The van der Waals surface area contributed by atoms with E-state index in [1.165, 1.54) is 6.20 Å². The van der Waals surface area contributed by atoms with Crippen molar-refractivity contribution in [2.24, 2.45) is 0 Å². The molecule has 1 amide bonds. The topological polar surface area (TPSA) is 82.4 Å². The summed E-state index contributed by atoms with van der Waals surface area (Å²) in [5.41, 5.74) is 1.21. The molecule has 0 aliphatic carbocycles. The highest BCUT2D eigenvalue weighted by Crippen LogP contribution is 2.22. The van der Waals surface area contributed by atoms with Gasteiger partial charge in [-0.05, 0) is 18.2 Å². The Morgan fingerprint density at radius 2 is 1.96 bits per heavy atom. The Hall–Kier alpha value is -3.42. The first-order valence-corrected chi connectivity index (χ1v) is 8.18. The predicted molar refractivity (Wildman–Crippen MR) is 93.3 cm³/mol. The minimum absolute atomic E-state index is 0.169. The summed E-state index contributed by atoms with van der Waals surface area (Å²) >= 11 is 0. The number of rotatable bonds is 5. The van der Waals surface area contributed by atoms with E-state index < -0.39 is 0 Å². The second kappa shape index (κ2) is 6.83. The van der Waals surface area contributed by atoms with Gasteiger partial charge in [0.25, 0.3) is 5.91 Å². The average Bonchev–Trinajstić information content (AvgIpc) is 3.12. The van der Waals surface area contributed by atoms with Gasteiger partial charge in [0, 0.05) is 12.6 Å². The van der Waals surface area contributed by atoms with Crippen LogP contribution in [0.5, 0.6) is 11.5 Å². The van der Waals surface area contributed by atoms with E-state index in [2.05, 4.69) is 15.3 Å². The fourth-order valence-corrected chi connectivity index (χ4v) is 2.79. The maximum Gasteiger partial charge on any atom is 0.277 e.